The molecule has 2 aromatic heterocycles. The number of nitrogens with one attached hydrogen (secondary N) is 1. The molecule has 0 radical (unpaired) electrons. The van der Waals surface area contributed by atoms with Crippen LogP contribution in [0.25, 0.3) is 16.3 Å². The highest BCUT2D eigenvalue weighted by atomic mass is 32.1. The van der Waals surface area contributed by atoms with Crippen molar-refractivity contribution in [3.63, 3.8) is 0 Å². The highest BCUT2D eigenvalue weighted by Gasteiger charge is 2.18. The second-order valence-corrected chi connectivity index (χ2v) is 8.68. The Morgan fingerprint density at radius 3 is 2.27 bits per heavy atom. The van der Waals surface area contributed by atoms with Crippen LogP contribution in [0.4, 0.5) is 5.69 Å². The van der Waals surface area contributed by atoms with E-state index in [-0.39, 0.29) is 5.69 Å². The molecule has 0 aliphatic heterocycles. The molecule has 4 rings (SSSR count). The molecule has 0 aliphatic carbocycles. The molecule has 2 aromatic carbocycles. The number of thiazole rings is 1. The number of esters is 1. The lowest BCUT2D eigenvalue weighted by atomic mass is 10.2. The predicted octanol–water partition coefficient (Wildman–Crippen LogP) is 5.02. The lowest BCUT2D eigenvalue weighted by Gasteiger charge is -2.08. The molecule has 0 saturated carbocycles. The van der Waals surface area contributed by atoms with Gasteiger partial charge < -0.3 is 10.1 Å². The molecule has 0 bridgehead atoms. The number of hydrogen-bond donors (Lipinski definition) is 1. The van der Waals surface area contributed by atoms with Crippen molar-refractivity contribution in [3.05, 3.63) is 82.1 Å². The highest BCUT2D eigenvalue weighted by Crippen LogP contribution is 2.25. The van der Waals surface area contributed by atoms with Gasteiger partial charge in [-0.1, -0.05) is 47.5 Å². The van der Waals surface area contributed by atoms with Gasteiger partial charge in [0.25, 0.3) is 5.91 Å². The topological polar surface area (TPSA) is 86.1 Å². The monoisotopic (exact) mass is 460 g/mol. The molecular formula is C25H24N4O3S. The molecule has 0 atom stereocenters. The van der Waals surface area contributed by atoms with Crippen molar-refractivity contribution in [1.29, 1.82) is 0 Å². The molecular weight excluding hydrogens is 436 g/mol. The third-order valence-electron chi connectivity index (χ3n) is 5.18. The first-order chi connectivity index (χ1) is 15.8. The summed E-state index contributed by atoms with van der Waals surface area (Å²) in [6.45, 7) is 7.32. The maximum atomic E-state index is 12.5. The SMILES string of the molecule is Cc1ccc(-c2nc(C(=O)OCC(=O)Nc3c(C)nn(-c4ccc(C)cc4)c3C)cs2)cc1. The van der Waals surface area contributed by atoms with E-state index in [1.165, 1.54) is 11.3 Å². The number of ether oxygens (including phenoxy) is 1. The van der Waals surface area contributed by atoms with Crippen LogP contribution in [0.5, 0.6) is 0 Å². The number of amides is 1. The maximum Gasteiger partial charge on any atom is 0.358 e. The van der Waals surface area contributed by atoms with Gasteiger partial charge in [0, 0.05) is 10.9 Å². The number of benzene rings is 2. The number of carbonyl (C=O) groups is 2. The second kappa shape index (κ2) is 9.38. The van der Waals surface area contributed by atoms with Gasteiger partial charge in [0.05, 0.1) is 22.8 Å². The number of hydrogen-bond acceptors (Lipinski definition) is 6. The summed E-state index contributed by atoms with van der Waals surface area (Å²) >= 11 is 1.36. The van der Waals surface area contributed by atoms with Crippen LogP contribution in [0, 0.1) is 27.7 Å². The molecule has 8 heteroatoms. The van der Waals surface area contributed by atoms with Crippen molar-refractivity contribution in [2.75, 3.05) is 11.9 Å². The Kier molecular flexibility index (Phi) is 6.37. The molecule has 0 unspecified atom stereocenters. The molecule has 0 fully saturated rings. The summed E-state index contributed by atoms with van der Waals surface area (Å²) in [5.74, 6) is -1.07. The van der Waals surface area contributed by atoms with Crippen LogP contribution >= 0.6 is 11.3 Å². The average Bonchev–Trinajstić information content (AvgIpc) is 3.40. The lowest BCUT2D eigenvalue weighted by Crippen LogP contribution is -2.21. The summed E-state index contributed by atoms with van der Waals surface area (Å²) in [7, 11) is 0. The first kappa shape index (κ1) is 22.4. The number of carbonyl (C=O) groups excluding carboxylic acids is 2. The van der Waals surface area contributed by atoms with E-state index < -0.39 is 18.5 Å². The van der Waals surface area contributed by atoms with Gasteiger partial charge in [0.15, 0.2) is 12.3 Å². The summed E-state index contributed by atoms with van der Waals surface area (Å²) in [5.41, 5.74) is 6.39. The van der Waals surface area contributed by atoms with Gasteiger partial charge in [0.1, 0.15) is 5.01 Å². The number of anilines is 1. The summed E-state index contributed by atoms with van der Waals surface area (Å²) in [6, 6.07) is 15.9. The summed E-state index contributed by atoms with van der Waals surface area (Å²) in [5, 5.41) is 9.69. The van der Waals surface area contributed by atoms with Crippen LogP contribution in [0.1, 0.15) is 33.0 Å². The molecule has 0 aliphatic rings. The molecule has 1 N–H and O–H groups in total. The smallest absolute Gasteiger partial charge is 0.358 e. The Morgan fingerprint density at radius 1 is 0.970 bits per heavy atom. The molecule has 4 aromatic rings. The van der Waals surface area contributed by atoms with Crippen LogP contribution in [-0.4, -0.2) is 33.2 Å². The zero-order chi connectivity index (χ0) is 23.5. The second-order valence-electron chi connectivity index (χ2n) is 7.82. The fourth-order valence-corrected chi connectivity index (χ4v) is 4.13. The zero-order valence-corrected chi connectivity index (χ0v) is 19.7. The maximum absolute atomic E-state index is 12.5. The summed E-state index contributed by atoms with van der Waals surface area (Å²) in [4.78, 5) is 29.2. The number of nitrogens with zero attached hydrogens (tertiary/aromatic N) is 3. The van der Waals surface area contributed by atoms with E-state index >= 15 is 0 Å². The van der Waals surface area contributed by atoms with E-state index in [0.717, 1.165) is 33.1 Å². The van der Waals surface area contributed by atoms with Crippen molar-refractivity contribution in [2.24, 2.45) is 0 Å². The van der Waals surface area contributed by atoms with Gasteiger partial charge in [-0.3, -0.25) is 4.79 Å². The molecule has 0 saturated heterocycles. The Hall–Kier alpha value is -3.78. The third-order valence-corrected chi connectivity index (χ3v) is 6.07. The van der Waals surface area contributed by atoms with Crippen molar-refractivity contribution < 1.29 is 14.3 Å². The summed E-state index contributed by atoms with van der Waals surface area (Å²) < 4.78 is 6.96. The Balaban J connectivity index is 1.38. The predicted molar refractivity (Wildman–Crippen MR) is 129 cm³/mol. The normalized spacial score (nSPS) is 10.8. The Bertz CT molecular complexity index is 1300. The molecule has 0 spiro atoms. The van der Waals surface area contributed by atoms with Crippen LogP contribution in [0.2, 0.25) is 0 Å². The average molecular weight is 461 g/mol. The largest absolute Gasteiger partial charge is 0.451 e. The molecule has 1 amide bonds. The van der Waals surface area contributed by atoms with Crippen molar-refractivity contribution in [1.82, 2.24) is 14.8 Å². The Morgan fingerprint density at radius 2 is 1.61 bits per heavy atom. The van der Waals surface area contributed by atoms with E-state index in [1.807, 2.05) is 76.2 Å². The van der Waals surface area contributed by atoms with Crippen molar-refractivity contribution in [3.8, 4) is 16.3 Å². The van der Waals surface area contributed by atoms with Gasteiger partial charge in [0.2, 0.25) is 0 Å². The van der Waals surface area contributed by atoms with Gasteiger partial charge >= 0.3 is 5.97 Å². The van der Waals surface area contributed by atoms with Crippen LogP contribution in [0.3, 0.4) is 0 Å². The van der Waals surface area contributed by atoms with Crippen LogP contribution in [-0.2, 0) is 9.53 Å². The first-order valence-electron chi connectivity index (χ1n) is 10.4. The summed E-state index contributed by atoms with van der Waals surface area (Å²) in [6.07, 6.45) is 0. The Labute approximate surface area is 196 Å². The lowest BCUT2D eigenvalue weighted by molar-refractivity contribution is -0.119. The van der Waals surface area contributed by atoms with Crippen LogP contribution < -0.4 is 5.32 Å². The van der Waals surface area contributed by atoms with Crippen molar-refractivity contribution in [2.45, 2.75) is 27.7 Å². The quantitative estimate of drug-likeness (QED) is 0.408. The minimum absolute atomic E-state index is 0.183. The molecule has 168 valence electrons. The highest BCUT2D eigenvalue weighted by molar-refractivity contribution is 7.13. The van der Waals surface area contributed by atoms with Gasteiger partial charge in [-0.25, -0.2) is 14.5 Å². The first-order valence-corrected chi connectivity index (χ1v) is 11.3. The zero-order valence-electron chi connectivity index (χ0n) is 18.9. The molecule has 2 heterocycles. The molecule has 7 nitrogen and oxygen atoms in total. The van der Waals surface area contributed by atoms with E-state index in [9.17, 15) is 9.59 Å². The third kappa shape index (κ3) is 5.01. The number of aromatic nitrogens is 3. The molecule has 33 heavy (non-hydrogen) atoms. The van der Waals surface area contributed by atoms with E-state index in [0.29, 0.717) is 11.4 Å². The minimum Gasteiger partial charge on any atom is -0.451 e. The van der Waals surface area contributed by atoms with Crippen LogP contribution in [0.15, 0.2) is 53.9 Å². The number of rotatable bonds is 6. The van der Waals surface area contributed by atoms with E-state index in [1.54, 1.807) is 10.1 Å². The fraction of sp³-hybridized carbons (Fsp3) is 0.200. The van der Waals surface area contributed by atoms with Gasteiger partial charge in [-0.05, 0) is 39.8 Å². The van der Waals surface area contributed by atoms with Crippen molar-refractivity contribution >= 4 is 28.9 Å². The van der Waals surface area contributed by atoms with Gasteiger partial charge in [-0.2, -0.15) is 5.10 Å². The minimum atomic E-state index is -0.636. The van der Waals surface area contributed by atoms with E-state index in [4.69, 9.17) is 4.74 Å². The van der Waals surface area contributed by atoms with Gasteiger partial charge in [-0.15, -0.1) is 11.3 Å². The standard InChI is InChI=1S/C25H24N4O3S/c1-15-5-9-19(10-6-15)24-26-21(14-33-24)25(31)32-13-22(30)27-23-17(3)28-29(18(23)4)20-11-7-16(2)8-12-20/h5-12,14H,13H2,1-4H3,(H,27,30). The fourth-order valence-electron chi connectivity index (χ4n) is 3.34. The number of aryl methyl sites for hydroxylation is 3. The van der Waals surface area contributed by atoms with E-state index in [2.05, 4.69) is 15.4 Å².